The Hall–Kier alpha value is -0.650. The van der Waals surface area contributed by atoms with E-state index >= 15 is 0 Å². The van der Waals surface area contributed by atoms with Crippen LogP contribution in [0.4, 0.5) is 0 Å². The molecule has 1 aliphatic rings. The molecule has 1 N–H and O–H groups in total. The Kier molecular flexibility index (Phi) is 4.82. The number of benzene rings is 1. The summed E-state index contributed by atoms with van der Waals surface area (Å²) in [6, 6.07) is 10.9. The Morgan fingerprint density at radius 1 is 1.38 bits per heavy atom. The number of aryl methyl sites for hydroxylation is 1. The molecule has 2 aromatic rings. The van der Waals surface area contributed by atoms with Crippen LogP contribution in [-0.2, 0) is 6.42 Å². The molecule has 0 fully saturated rings. The van der Waals surface area contributed by atoms with Gasteiger partial charge in [0.25, 0.3) is 0 Å². The first-order chi connectivity index (χ1) is 10.2. The monoisotopic (exact) mass is 412 g/mol. The lowest BCUT2D eigenvalue weighted by Crippen LogP contribution is -2.27. The maximum absolute atomic E-state index is 6.30. The standard InChI is InChI=1S/C17H18ClIN2/c1-20-16(12-7-8-15(19)14(18)10-12)13-6-2-4-11-5-3-9-21-17(11)13/h3,5,7-10,13,16,20H,2,4,6H2,1H3. The number of rotatable bonds is 3. The molecule has 1 aliphatic carbocycles. The Bertz CT molecular complexity index is 644. The summed E-state index contributed by atoms with van der Waals surface area (Å²) < 4.78 is 1.09. The van der Waals surface area contributed by atoms with Gasteiger partial charge in [-0.1, -0.05) is 23.7 Å². The van der Waals surface area contributed by atoms with Gasteiger partial charge >= 0.3 is 0 Å². The predicted octanol–water partition coefficient (Wildman–Crippen LogP) is 4.72. The lowest BCUT2D eigenvalue weighted by molar-refractivity contribution is 0.416. The summed E-state index contributed by atoms with van der Waals surface area (Å²) >= 11 is 8.57. The number of fused-ring (bicyclic) bond motifs is 1. The van der Waals surface area contributed by atoms with Crippen molar-refractivity contribution in [2.75, 3.05) is 7.05 Å². The molecule has 0 amide bonds. The van der Waals surface area contributed by atoms with Gasteiger partial charge in [0.05, 0.1) is 5.02 Å². The van der Waals surface area contributed by atoms with Crippen LogP contribution in [0.1, 0.15) is 41.6 Å². The summed E-state index contributed by atoms with van der Waals surface area (Å²) in [5.74, 6) is 0.413. The molecular formula is C17H18ClIN2. The number of halogens is 2. The van der Waals surface area contributed by atoms with Crippen molar-refractivity contribution in [3.8, 4) is 0 Å². The molecule has 2 unspecified atom stereocenters. The molecule has 0 aliphatic heterocycles. The van der Waals surface area contributed by atoms with Crippen molar-refractivity contribution in [2.24, 2.45) is 0 Å². The van der Waals surface area contributed by atoms with E-state index < -0.39 is 0 Å². The van der Waals surface area contributed by atoms with Gasteiger partial charge in [0, 0.05) is 27.4 Å². The van der Waals surface area contributed by atoms with Crippen LogP contribution < -0.4 is 5.32 Å². The van der Waals surface area contributed by atoms with Crippen LogP contribution >= 0.6 is 34.2 Å². The predicted molar refractivity (Wildman–Crippen MR) is 95.9 cm³/mol. The quantitative estimate of drug-likeness (QED) is 0.738. The van der Waals surface area contributed by atoms with E-state index in [4.69, 9.17) is 11.6 Å². The zero-order valence-electron chi connectivity index (χ0n) is 11.9. The first kappa shape index (κ1) is 15.3. The van der Waals surface area contributed by atoms with Crippen LogP contribution in [0.2, 0.25) is 5.02 Å². The van der Waals surface area contributed by atoms with Gasteiger partial charge in [0.15, 0.2) is 0 Å². The molecule has 0 saturated heterocycles. The van der Waals surface area contributed by atoms with Crippen molar-refractivity contribution >= 4 is 34.2 Å². The summed E-state index contributed by atoms with van der Waals surface area (Å²) in [5, 5.41) is 4.30. The Labute approximate surface area is 144 Å². The van der Waals surface area contributed by atoms with Gasteiger partial charge in [-0.3, -0.25) is 4.98 Å². The number of nitrogens with zero attached hydrogens (tertiary/aromatic N) is 1. The molecule has 0 bridgehead atoms. The maximum Gasteiger partial charge on any atom is 0.0542 e. The van der Waals surface area contributed by atoms with Crippen LogP contribution in [-0.4, -0.2) is 12.0 Å². The summed E-state index contributed by atoms with van der Waals surface area (Å²) in [4.78, 5) is 4.66. The molecular weight excluding hydrogens is 395 g/mol. The highest BCUT2D eigenvalue weighted by atomic mass is 127. The maximum atomic E-state index is 6.30. The highest BCUT2D eigenvalue weighted by Gasteiger charge is 2.29. The number of pyridine rings is 1. The number of hydrogen-bond donors (Lipinski definition) is 1. The van der Waals surface area contributed by atoms with E-state index in [0.717, 1.165) is 15.0 Å². The fraction of sp³-hybridized carbons (Fsp3) is 0.353. The van der Waals surface area contributed by atoms with Crippen LogP contribution in [0.5, 0.6) is 0 Å². The smallest absolute Gasteiger partial charge is 0.0542 e. The van der Waals surface area contributed by atoms with Crippen molar-refractivity contribution in [1.82, 2.24) is 10.3 Å². The van der Waals surface area contributed by atoms with Gasteiger partial charge < -0.3 is 5.32 Å². The molecule has 0 radical (unpaired) electrons. The van der Waals surface area contributed by atoms with Crippen LogP contribution in [0, 0.1) is 3.57 Å². The molecule has 1 aromatic heterocycles. The first-order valence-corrected chi connectivity index (χ1v) is 8.72. The number of likely N-dealkylation sites (N-methyl/N-ethyl adjacent to an activating group) is 1. The lowest BCUT2D eigenvalue weighted by atomic mass is 9.79. The SMILES string of the molecule is CNC(c1ccc(I)c(Cl)c1)C1CCCc2cccnc21. The minimum atomic E-state index is 0.258. The Morgan fingerprint density at radius 3 is 3.00 bits per heavy atom. The number of aromatic nitrogens is 1. The van der Waals surface area contributed by atoms with Gasteiger partial charge in [-0.2, -0.15) is 0 Å². The minimum absolute atomic E-state index is 0.258. The van der Waals surface area contributed by atoms with Crippen molar-refractivity contribution in [3.05, 3.63) is 61.9 Å². The van der Waals surface area contributed by atoms with Crippen LogP contribution in [0.15, 0.2) is 36.5 Å². The third kappa shape index (κ3) is 3.10. The second kappa shape index (κ2) is 6.63. The second-order valence-electron chi connectivity index (χ2n) is 5.49. The second-order valence-corrected chi connectivity index (χ2v) is 7.06. The van der Waals surface area contributed by atoms with Crippen molar-refractivity contribution < 1.29 is 0 Å². The van der Waals surface area contributed by atoms with E-state index in [1.165, 1.54) is 29.7 Å². The molecule has 110 valence electrons. The third-order valence-electron chi connectivity index (χ3n) is 4.25. The van der Waals surface area contributed by atoms with Gasteiger partial charge in [0.1, 0.15) is 0 Å². The molecule has 4 heteroatoms. The molecule has 0 spiro atoms. The summed E-state index contributed by atoms with van der Waals surface area (Å²) in [6.07, 6.45) is 5.44. The van der Waals surface area contributed by atoms with E-state index in [1.807, 2.05) is 19.3 Å². The summed E-state index contributed by atoms with van der Waals surface area (Å²) in [5.41, 5.74) is 3.88. The largest absolute Gasteiger partial charge is 0.312 e. The third-order valence-corrected chi connectivity index (χ3v) is 5.83. The van der Waals surface area contributed by atoms with E-state index in [2.05, 4.69) is 57.2 Å². The highest BCUT2D eigenvalue weighted by molar-refractivity contribution is 14.1. The summed E-state index contributed by atoms with van der Waals surface area (Å²) in [7, 11) is 2.02. The molecule has 2 nitrogen and oxygen atoms in total. The van der Waals surface area contributed by atoms with Gasteiger partial charge in [-0.25, -0.2) is 0 Å². The normalized spacial score (nSPS) is 19.1. The van der Waals surface area contributed by atoms with Crippen molar-refractivity contribution in [3.63, 3.8) is 0 Å². The first-order valence-electron chi connectivity index (χ1n) is 7.26. The molecule has 2 atom stereocenters. The lowest BCUT2D eigenvalue weighted by Gasteiger charge is -2.31. The van der Waals surface area contributed by atoms with Crippen molar-refractivity contribution in [1.29, 1.82) is 0 Å². The van der Waals surface area contributed by atoms with Crippen molar-refractivity contribution in [2.45, 2.75) is 31.2 Å². The zero-order valence-corrected chi connectivity index (χ0v) is 14.9. The molecule has 3 rings (SSSR count). The fourth-order valence-corrected chi connectivity index (χ4v) is 3.80. The van der Waals surface area contributed by atoms with E-state index in [9.17, 15) is 0 Å². The van der Waals surface area contributed by atoms with Gasteiger partial charge in [-0.15, -0.1) is 0 Å². The molecule has 21 heavy (non-hydrogen) atoms. The molecule has 1 heterocycles. The van der Waals surface area contributed by atoms with Crippen LogP contribution in [0.3, 0.4) is 0 Å². The van der Waals surface area contributed by atoms with E-state index in [1.54, 1.807) is 0 Å². The molecule has 1 aromatic carbocycles. The van der Waals surface area contributed by atoms with E-state index in [0.29, 0.717) is 5.92 Å². The average Bonchev–Trinajstić information content (AvgIpc) is 2.52. The van der Waals surface area contributed by atoms with Gasteiger partial charge in [-0.05, 0) is 78.2 Å². The number of hydrogen-bond acceptors (Lipinski definition) is 2. The Morgan fingerprint density at radius 2 is 2.24 bits per heavy atom. The summed E-state index contributed by atoms with van der Waals surface area (Å²) in [6.45, 7) is 0. The molecule has 0 saturated carbocycles. The minimum Gasteiger partial charge on any atom is -0.312 e. The highest BCUT2D eigenvalue weighted by Crippen LogP contribution is 2.39. The zero-order chi connectivity index (χ0) is 14.8. The van der Waals surface area contributed by atoms with Gasteiger partial charge in [0.2, 0.25) is 0 Å². The fourth-order valence-electron chi connectivity index (χ4n) is 3.28. The Balaban J connectivity index is 1.99. The topological polar surface area (TPSA) is 24.9 Å². The van der Waals surface area contributed by atoms with Crippen LogP contribution in [0.25, 0.3) is 0 Å². The average molecular weight is 413 g/mol. The number of nitrogens with one attached hydrogen (secondary N) is 1. The van der Waals surface area contributed by atoms with E-state index in [-0.39, 0.29) is 6.04 Å².